The van der Waals surface area contributed by atoms with E-state index in [-0.39, 0.29) is 5.56 Å². The van der Waals surface area contributed by atoms with E-state index in [0.29, 0.717) is 17.5 Å². The topological polar surface area (TPSA) is 50.7 Å². The standard InChI is InChI=1S/C11H11N3O/c1-3-14-11(15)9-5-4-8(7-12)6-10(9)13(14)2/h4-6H,3H2,1-2H3. The Hall–Kier alpha value is -2.02. The van der Waals surface area contributed by atoms with Gasteiger partial charge in [0.25, 0.3) is 5.56 Å². The van der Waals surface area contributed by atoms with E-state index in [1.807, 2.05) is 14.0 Å². The Morgan fingerprint density at radius 3 is 2.80 bits per heavy atom. The van der Waals surface area contributed by atoms with Crippen molar-refractivity contribution in [2.45, 2.75) is 13.5 Å². The molecule has 0 unspecified atom stereocenters. The first kappa shape index (κ1) is 9.53. The molecule has 0 aliphatic rings. The number of nitrogens with zero attached hydrogens (tertiary/aromatic N) is 3. The fourth-order valence-electron chi connectivity index (χ4n) is 1.81. The normalized spacial score (nSPS) is 10.5. The molecule has 1 aromatic heterocycles. The van der Waals surface area contributed by atoms with Gasteiger partial charge in [-0.15, -0.1) is 0 Å². The average molecular weight is 201 g/mol. The van der Waals surface area contributed by atoms with Crippen LogP contribution in [0.25, 0.3) is 10.9 Å². The molecular weight excluding hydrogens is 190 g/mol. The molecule has 0 N–H and O–H groups in total. The predicted octanol–water partition coefficient (Wildman–Crippen LogP) is 1.23. The molecule has 2 aromatic rings. The summed E-state index contributed by atoms with van der Waals surface area (Å²) < 4.78 is 3.43. The first-order valence-corrected chi connectivity index (χ1v) is 4.78. The molecule has 4 nitrogen and oxygen atoms in total. The minimum atomic E-state index is -0.000472. The fourth-order valence-corrected chi connectivity index (χ4v) is 1.81. The molecule has 0 fully saturated rings. The molecule has 0 saturated heterocycles. The van der Waals surface area contributed by atoms with Gasteiger partial charge in [-0.25, -0.2) is 0 Å². The molecule has 0 radical (unpaired) electrons. The summed E-state index contributed by atoms with van der Waals surface area (Å²) in [5.74, 6) is 0. The van der Waals surface area contributed by atoms with Gasteiger partial charge >= 0.3 is 0 Å². The smallest absolute Gasteiger partial charge is 0.274 e. The Labute approximate surface area is 86.9 Å². The van der Waals surface area contributed by atoms with Gasteiger partial charge in [0.2, 0.25) is 0 Å². The maximum absolute atomic E-state index is 11.8. The lowest BCUT2D eigenvalue weighted by molar-refractivity contribution is 0.532. The van der Waals surface area contributed by atoms with Gasteiger partial charge < -0.3 is 0 Å². The van der Waals surface area contributed by atoms with Crippen molar-refractivity contribution in [3.63, 3.8) is 0 Å². The summed E-state index contributed by atoms with van der Waals surface area (Å²) in [6, 6.07) is 7.19. The number of rotatable bonds is 1. The molecule has 1 heterocycles. The van der Waals surface area contributed by atoms with Gasteiger partial charge in [0, 0.05) is 13.6 Å². The Balaban J connectivity index is 2.91. The zero-order valence-electron chi connectivity index (χ0n) is 8.69. The Morgan fingerprint density at radius 1 is 1.47 bits per heavy atom. The second-order valence-electron chi connectivity index (χ2n) is 3.39. The molecule has 0 saturated carbocycles. The monoisotopic (exact) mass is 201 g/mol. The second kappa shape index (κ2) is 3.28. The largest absolute Gasteiger partial charge is 0.285 e. The van der Waals surface area contributed by atoms with Crippen LogP contribution in [0.5, 0.6) is 0 Å². The van der Waals surface area contributed by atoms with Gasteiger partial charge in [-0.3, -0.25) is 14.2 Å². The number of aromatic nitrogens is 2. The minimum absolute atomic E-state index is 0.000472. The SMILES string of the molecule is CCn1c(=O)c2ccc(C#N)cc2n1C. The van der Waals surface area contributed by atoms with E-state index in [1.165, 1.54) is 0 Å². The van der Waals surface area contributed by atoms with E-state index >= 15 is 0 Å². The van der Waals surface area contributed by atoms with Crippen LogP contribution in [0.4, 0.5) is 0 Å². The van der Waals surface area contributed by atoms with Crippen LogP contribution in [0.1, 0.15) is 12.5 Å². The molecule has 0 atom stereocenters. The summed E-state index contributed by atoms with van der Waals surface area (Å²) in [5, 5.41) is 9.44. The molecule has 1 aromatic carbocycles. The van der Waals surface area contributed by atoms with Crippen LogP contribution in [0.3, 0.4) is 0 Å². The van der Waals surface area contributed by atoms with Crippen LogP contribution in [-0.4, -0.2) is 9.36 Å². The molecule has 15 heavy (non-hydrogen) atoms. The fraction of sp³-hybridized carbons (Fsp3) is 0.273. The van der Waals surface area contributed by atoms with Crippen molar-refractivity contribution < 1.29 is 0 Å². The first-order valence-electron chi connectivity index (χ1n) is 4.78. The highest BCUT2D eigenvalue weighted by Crippen LogP contribution is 2.12. The minimum Gasteiger partial charge on any atom is -0.285 e. The number of aryl methyl sites for hydroxylation is 1. The van der Waals surface area contributed by atoms with Crippen LogP contribution in [0.15, 0.2) is 23.0 Å². The van der Waals surface area contributed by atoms with Gasteiger partial charge in [-0.05, 0) is 25.1 Å². The van der Waals surface area contributed by atoms with Gasteiger partial charge in [0.1, 0.15) is 0 Å². The highest BCUT2D eigenvalue weighted by atomic mass is 16.1. The first-order chi connectivity index (χ1) is 7.19. The lowest BCUT2D eigenvalue weighted by atomic mass is 10.2. The lowest BCUT2D eigenvalue weighted by Crippen LogP contribution is -2.19. The maximum Gasteiger partial charge on any atom is 0.274 e. The highest BCUT2D eigenvalue weighted by molar-refractivity contribution is 5.80. The molecule has 76 valence electrons. The zero-order chi connectivity index (χ0) is 11.0. The van der Waals surface area contributed by atoms with Gasteiger partial charge in [-0.2, -0.15) is 5.26 Å². The summed E-state index contributed by atoms with van der Waals surface area (Å²) in [4.78, 5) is 11.8. The molecule has 2 rings (SSSR count). The number of hydrogen-bond acceptors (Lipinski definition) is 2. The van der Waals surface area contributed by atoms with Crippen molar-refractivity contribution in [3.8, 4) is 6.07 Å². The second-order valence-corrected chi connectivity index (χ2v) is 3.39. The van der Waals surface area contributed by atoms with Crippen molar-refractivity contribution in [2.75, 3.05) is 0 Å². The maximum atomic E-state index is 11.8. The Bertz CT molecular complexity index is 613. The van der Waals surface area contributed by atoms with E-state index in [0.717, 1.165) is 5.52 Å². The Kier molecular flexibility index (Phi) is 2.09. The van der Waals surface area contributed by atoms with Crippen molar-refractivity contribution in [1.82, 2.24) is 9.36 Å². The summed E-state index contributed by atoms with van der Waals surface area (Å²) in [6.45, 7) is 2.55. The average Bonchev–Trinajstić information content (AvgIpc) is 2.51. The molecule has 0 bridgehead atoms. The van der Waals surface area contributed by atoms with Crippen molar-refractivity contribution in [1.29, 1.82) is 5.26 Å². The molecule has 0 aliphatic heterocycles. The summed E-state index contributed by atoms with van der Waals surface area (Å²) >= 11 is 0. The highest BCUT2D eigenvalue weighted by Gasteiger charge is 2.09. The van der Waals surface area contributed by atoms with Gasteiger partial charge in [-0.1, -0.05) is 0 Å². The molecule has 0 amide bonds. The Morgan fingerprint density at radius 2 is 2.20 bits per heavy atom. The quantitative estimate of drug-likeness (QED) is 0.696. The summed E-state index contributed by atoms with van der Waals surface area (Å²) in [7, 11) is 1.83. The van der Waals surface area contributed by atoms with Crippen LogP contribution in [-0.2, 0) is 13.6 Å². The van der Waals surface area contributed by atoms with Crippen LogP contribution in [0, 0.1) is 11.3 Å². The van der Waals surface area contributed by atoms with Gasteiger partial charge in [0.05, 0.1) is 22.5 Å². The summed E-state index contributed by atoms with van der Waals surface area (Å²) in [5.41, 5.74) is 1.38. The lowest BCUT2D eigenvalue weighted by Gasteiger charge is -2.02. The third-order valence-corrected chi connectivity index (χ3v) is 2.60. The molecular formula is C11H11N3O. The van der Waals surface area contributed by atoms with E-state index in [1.54, 1.807) is 27.6 Å². The van der Waals surface area contributed by atoms with E-state index in [2.05, 4.69) is 6.07 Å². The number of benzene rings is 1. The summed E-state index contributed by atoms with van der Waals surface area (Å²) in [6.07, 6.45) is 0. The van der Waals surface area contributed by atoms with Crippen molar-refractivity contribution >= 4 is 10.9 Å². The van der Waals surface area contributed by atoms with E-state index in [9.17, 15) is 4.79 Å². The van der Waals surface area contributed by atoms with E-state index < -0.39 is 0 Å². The zero-order valence-corrected chi connectivity index (χ0v) is 8.69. The predicted molar refractivity (Wildman–Crippen MR) is 57.6 cm³/mol. The number of fused-ring (bicyclic) bond motifs is 1. The molecule has 4 heteroatoms. The number of nitriles is 1. The van der Waals surface area contributed by atoms with Crippen LogP contribution < -0.4 is 5.56 Å². The van der Waals surface area contributed by atoms with Crippen LogP contribution >= 0.6 is 0 Å². The van der Waals surface area contributed by atoms with Crippen molar-refractivity contribution in [2.24, 2.45) is 7.05 Å². The van der Waals surface area contributed by atoms with Crippen molar-refractivity contribution in [3.05, 3.63) is 34.1 Å². The third kappa shape index (κ3) is 1.24. The van der Waals surface area contributed by atoms with E-state index in [4.69, 9.17) is 5.26 Å². The van der Waals surface area contributed by atoms with Gasteiger partial charge in [0.15, 0.2) is 0 Å². The molecule has 0 aliphatic carbocycles. The van der Waals surface area contributed by atoms with Crippen LogP contribution in [0.2, 0.25) is 0 Å². The third-order valence-electron chi connectivity index (χ3n) is 2.60. The molecule has 0 spiro atoms. The number of hydrogen-bond donors (Lipinski definition) is 0.